The van der Waals surface area contributed by atoms with Gasteiger partial charge in [-0.1, -0.05) is 18.2 Å². The zero-order valence-corrected chi connectivity index (χ0v) is 12.4. The summed E-state index contributed by atoms with van der Waals surface area (Å²) in [5.41, 5.74) is 0. The van der Waals surface area contributed by atoms with E-state index in [1.807, 2.05) is 47.3 Å². The number of para-hydroxylation sites is 1. The molecule has 1 aliphatic heterocycles. The molecule has 0 unspecified atom stereocenters. The van der Waals surface area contributed by atoms with Gasteiger partial charge in [-0.05, 0) is 25.1 Å². The molecule has 1 aromatic heterocycles. The van der Waals surface area contributed by atoms with E-state index in [9.17, 15) is 4.79 Å². The minimum absolute atomic E-state index is 0.0919. The largest absolute Gasteiger partial charge is 0.493 e. The fraction of sp³-hybridized carbons (Fsp3) is 0.375. The molecule has 1 atom stereocenters. The van der Waals surface area contributed by atoms with E-state index in [1.165, 1.54) is 0 Å². The Hall–Kier alpha value is -2.34. The van der Waals surface area contributed by atoms with E-state index in [0.717, 1.165) is 25.3 Å². The van der Waals surface area contributed by atoms with Crippen LogP contribution >= 0.6 is 0 Å². The van der Waals surface area contributed by atoms with E-state index in [2.05, 4.69) is 15.7 Å². The monoisotopic (exact) mass is 300 g/mol. The van der Waals surface area contributed by atoms with Crippen molar-refractivity contribution in [3.8, 4) is 5.75 Å². The minimum Gasteiger partial charge on any atom is -0.493 e. The second-order valence-electron chi connectivity index (χ2n) is 5.29. The number of rotatable bonds is 6. The average molecular weight is 300 g/mol. The van der Waals surface area contributed by atoms with Gasteiger partial charge in [0.05, 0.1) is 19.1 Å². The van der Waals surface area contributed by atoms with E-state index in [-0.39, 0.29) is 5.91 Å². The predicted octanol–water partition coefficient (Wildman–Crippen LogP) is 1.83. The Morgan fingerprint density at radius 1 is 1.36 bits per heavy atom. The molecule has 2 aromatic rings. The molecule has 1 saturated heterocycles. The van der Waals surface area contributed by atoms with Gasteiger partial charge in [-0.2, -0.15) is 5.10 Å². The molecule has 0 aliphatic carbocycles. The van der Waals surface area contributed by atoms with E-state index < -0.39 is 0 Å². The van der Waals surface area contributed by atoms with Gasteiger partial charge in [-0.25, -0.2) is 0 Å². The first kappa shape index (κ1) is 14.6. The van der Waals surface area contributed by atoms with Crippen LogP contribution in [0.1, 0.15) is 18.9 Å². The number of hydrogen-bond donors (Lipinski definition) is 2. The third-order valence-corrected chi connectivity index (χ3v) is 3.63. The predicted molar refractivity (Wildman–Crippen MR) is 83.9 cm³/mol. The number of carbonyl (C=O) groups is 1. The molecule has 0 radical (unpaired) electrons. The van der Waals surface area contributed by atoms with Gasteiger partial charge in [-0.3, -0.25) is 9.48 Å². The van der Waals surface area contributed by atoms with Crippen molar-refractivity contribution in [2.45, 2.75) is 18.9 Å². The normalized spacial score (nSPS) is 17.4. The number of amides is 1. The lowest BCUT2D eigenvalue weighted by Gasteiger charge is -2.08. The number of benzene rings is 1. The van der Waals surface area contributed by atoms with Crippen molar-refractivity contribution in [1.29, 1.82) is 0 Å². The van der Waals surface area contributed by atoms with Crippen LogP contribution in [0.2, 0.25) is 0 Å². The van der Waals surface area contributed by atoms with Crippen molar-refractivity contribution in [2.24, 2.45) is 0 Å². The molecular formula is C16H20N4O2. The lowest BCUT2D eigenvalue weighted by Crippen LogP contribution is -2.17. The summed E-state index contributed by atoms with van der Waals surface area (Å²) in [5, 5.41) is 10.5. The molecule has 3 rings (SSSR count). The van der Waals surface area contributed by atoms with Gasteiger partial charge in [0.2, 0.25) is 5.91 Å². The van der Waals surface area contributed by atoms with Crippen molar-refractivity contribution >= 4 is 11.7 Å². The highest BCUT2D eigenvalue weighted by atomic mass is 16.5. The number of ether oxygens (including phenoxy) is 1. The minimum atomic E-state index is -0.0919. The van der Waals surface area contributed by atoms with Crippen molar-refractivity contribution < 1.29 is 9.53 Å². The van der Waals surface area contributed by atoms with E-state index in [0.29, 0.717) is 24.9 Å². The Balaban J connectivity index is 1.43. The Labute approximate surface area is 129 Å². The van der Waals surface area contributed by atoms with E-state index in [1.54, 1.807) is 0 Å². The number of anilines is 1. The number of hydrogen-bond acceptors (Lipinski definition) is 4. The average Bonchev–Trinajstić information content (AvgIpc) is 3.19. The summed E-state index contributed by atoms with van der Waals surface area (Å²) in [5.74, 6) is 1.27. The Morgan fingerprint density at radius 2 is 2.23 bits per heavy atom. The first-order valence-corrected chi connectivity index (χ1v) is 7.55. The van der Waals surface area contributed by atoms with Crippen LogP contribution < -0.4 is 15.4 Å². The summed E-state index contributed by atoms with van der Waals surface area (Å²) in [4.78, 5) is 11.9. The second kappa shape index (κ2) is 7.09. The standard InChI is InChI=1S/C16H20N4O2/c21-16(8-11-22-14-4-2-1-3-5-14)18-15-7-10-20(19-15)13-6-9-17-12-13/h1-5,7,10,13,17H,6,8-9,11-12H2,(H,18,19,21)/t13-/m0/s1. The van der Waals surface area contributed by atoms with Crippen LogP contribution in [0, 0.1) is 0 Å². The third kappa shape index (κ3) is 3.85. The summed E-state index contributed by atoms with van der Waals surface area (Å²) < 4.78 is 7.42. The Kier molecular flexibility index (Phi) is 4.70. The highest BCUT2D eigenvalue weighted by molar-refractivity contribution is 5.89. The van der Waals surface area contributed by atoms with Crippen LogP contribution in [0.4, 0.5) is 5.82 Å². The van der Waals surface area contributed by atoms with Crippen molar-refractivity contribution in [3.05, 3.63) is 42.6 Å². The fourth-order valence-corrected chi connectivity index (χ4v) is 2.46. The van der Waals surface area contributed by atoms with Gasteiger partial charge in [0.1, 0.15) is 5.75 Å². The van der Waals surface area contributed by atoms with Crippen molar-refractivity contribution in [3.63, 3.8) is 0 Å². The summed E-state index contributed by atoms with van der Waals surface area (Å²) in [6.07, 6.45) is 3.28. The molecule has 1 aromatic carbocycles. The zero-order valence-electron chi connectivity index (χ0n) is 12.4. The van der Waals surface area contributed by atoms with Crippen LogP contribution in [0.15, 0.2) is 42.6 Å². The second-order valence-corrected chi connectivity index (χ2v) is 5.29. The molecule has 6 nitrogen and oxygen atoms in total. The van der Waals surface area contributed by atoms with Crippen LogP contribution in [-0.2, 0) is 4.79 Å². The van der Waals surface area contributed by atoms with Gasteiger partial charge >= 0.3 is 0 Å². The highest BCUT2D eigenvalue weighted by Gasteiger charge is 2.17. The summed E-state index contributed by atoms with van der Waals surface area (Å²) >= 11 is 0. The maximum Gasteiger partial charge on any atom is 0.229 e. The SMILES string of the molecule is O=C(CCOc1ccccc1)Nc1ccn([C@H]2CCNC2)n1. The number of nitrogens with zero attached hydrogens (tertiary/aromatic N) is 2. The molecule has 1 fully saturated rings. The van der Waals surface area contributed by atoms with Crippen molar-refractivity contribution in [2.75, 3.05) is 25.0 Å². The number of carbonyl (C=O) groups excluding carboxylic acids is 1. The molecular weight excluding hydrogens is 280 g/mol. The molecule has 1 aliphatic rings. The molecule has 6 heteroatoms. The van der Waals surface area contributed by atoms with Gasteiger partial charge in [-0.15, -0.1) is 0 Å². The van der Waals surface area contributed by atoms with Gasteiger partial charge in [0.15, 0.2) is 5.82 Å². The lowest BCUT2D eigenvalue weighted by atomic mass is 10.3. The Bertz CT molecular complexity index is 606. The molecule has 0 saturated carbocycles. The van der Waals surface area contributed by atoms with E-state index >= 15 is 0 Å². The first-order valence-electron chi connectivity index (χ1n) is 7.55. The third-order valence-electron chi connectivity index (χ3n) is 3.63. The maximum atomic E-state index is 11.9. The van der Waals surface area contributed by atoms with Crippen LogP contribution in [-0.4, -0.2) is 35.4 Å². The first-order chi connectivity index (χ1) is 10.8. The Morgan fingerprint density at radius 3 is 3.00 bits per heavy atom. The molecule has 116 valence electrons. The van der Waals surface area contributed by atoms with Crippen LogP contribution in [0.25, 0.3) is 0 Å². The molecule has 0 bridgehead atoms. The molecule has 1 amide bonds. The van der Waals surface area contributed by atoms with Crippen LogP contribution in [0.3, 0.4) is 0 Å². The smallest absolute Gasteiger partial charge is 0.229 e. The van der Waals surface area contributed by atoms with Gasteiger partial charge in [0, 0.05) is 18.8 Å². The van der Waals surface area contributed by atoms with Gasteiger partial charge in [0.25, 0.3) is 0 Å². The maximum absolute atomic E-state index is 11.9. The summed E-state index contributed by atoms with van der Waals surface area (Å²) in [7, 11) is 0. The van der Waals surface area contributed by atoms with Crippen LogP contribution in [0.5, 0.6) is 5.75 Å². The highest BCUT2D eigenvalue weighted by Crippen LogP contribution is 2.16. The molecule has 22 heavy (non-hydrogen) atoms. The summed E-state index contributed by atoms with van der Waals surface area (Å²) in [6.45, 7) is 2.30. The number of nitrogens with one attached hydrogen (secondary N) is 2. The number of aromatic nitrogens is 2. The molecule has 2 heterocycles. The van der Waals surface area contributed by atoms with Gasteiger partial charge < -0.3 is 15.4 Å². The molecule has 0 spiro atoms. The topological polar surface area (TPSA) is 68.2 Å². The molecule has 2 N–H and O–H groups in total. The quantitative estimate of drug-likeness (QED) is 0.854. The fourth-order valence-electron chi connectivity index (χ4n) is 2.46. The zero-order chi connectivity index (χ0) is 15.2. The van der Waals surface area contributed by atoms with E-state index in [4.69, 9.17) is 4.74 Å². The lowest BCUT2D eigenvalue weighted by molar-refractivity contribution is -0.116. The summed E-state index contributed by atoms with van der Waals surface area (Å²) in [6, 6.07) is 11.7. The van der Waals surface area contributed by atoms with Crippen molar-refractivity contribution in [1.82, 2.24) is 15.1 Å².